The van der Waals surface area contributed by atoms with Crippen LogP contribution in [-0.4, -0.2) is 48.7 Å². The van der Waals surface area contributed by atoms with Gasteiger partial charge < -0.3 is 19.9 Å². The molecular weight excluding hydrogens is 421 g/mol. The Hall–Kier alpha value is -3.68. The van der Waals surface area contributed by atoms with E-state index in [9.17, 15) is 9.18 Å². The number of fused-ring (bicyclic) bond motifs is 3. The van der Waals surface area contributed by atoms with Gasteiger partial charge in [0.05, 0.1) is 25.3 Å². The maximum atomic E-state index is 13.6. The minimum Gasteiger partial charge on any atom is -0.497 e. The molecule has 7 nitrogen and oxygen atoms in total. The average molecular weight is 448 g/mol. The second-order valence-corrected chi connectivity index (χ2v) is 8.42. The zero-order valence-electron chi connectivity index (χ0n) is 18.4. The minimum absolute atomic E-state index is 0.0308. The van der Waals surface area contributed by atoms with Gasteiger partial charge in [-0.3, -0.25) is 9.78 Å². The third-order valence-electron chi connectivity index (χ3n) is 6.49. The molecule has 3 aromatic rings. The van der Waals surface area contributed by atoms with E-state index in [0.717, 1.165) is 41.5 Å². The first kappa shape index (κ1) is 21.2. The Morgan fingerprint density at radius 3 is 2.91 bits per heavy atom. The number of nitrogens with one attached hydrogen (secondary N) is 1. The Morgan fingerprint density at radius 2 is 2.12 bits per heavy atom. The first-order valence-electron chi connectivity index (χ1n) is 11.1. The number of hydrogen-bond donors (Lipinski definition) is 1. The second kappa shape index (κ2) is 9.05. The van der Waals surface area contributed by atoms with Crippen LogP contribution in [-0.2, 0) is 17.8 Å². The van der Waals surface area contributed by atoms with E-state index in [1.165, 1.54) is 12.1 Å². The van der Waals surface area contributed by atoms with Crippen molar-refractivity contribution in [1.82, 2.24) is 15.3 Å². The largest absolute Gasteiger partial charge is 0.497 e. The van der Waals surface area contributed by atoms with Crippen LogP contribution in [0.4, 0.5) is 15.9 Å². The van der Waals surface area contributed by atoms with Gasteiger partial charge in [0.25, 0.3) is 0 Å². The van der Waals surface area contributed by atoms with Crippen LogP contribution in [0.3, 0.4) is 0 Å². The molecule has 1 saturated heterocycles. The predicted octanol–water partition coefficient (Wildman–Crippen LogP) is 2.81. The summed E-state index contributed by atoms with van der Waals surface area (Å²) in [6, 6.07) is 12.3. The molecule has 0 saturated carbocycles. The molecule has 1 aromatic heterocycles. The number of hydrogen-bond acceptors (Lipinski definition) is 6. The molecule has 0 bridgehead atoms. The Kier molecular flexibility index (Phi) is 5.81. The van der Waals surface area contributed by atoms with Crippen LogP contribution in [0.15, 0.2) is 61.1 Å². The normalized spacial score (nSPS) is 19.5. The second-order valence-electron chi connectivity index (χ2n) is 8.42. The topological polar surface area (TPSA) is 70.6 Å². The summed E-state index contributed by atoms with van der Waals surface area (Å²) in [6.45, 7) is 2.50. The molecule has 3 heterocycles. The summed E-state index contributed by atoms with van der Waals surface area (Å²) in [4.78, 5) is 26.5. The number of amides is 1. The molecule has 0 spiro atoms. The van der Waals surface area contributed by atoms with E-state index in [1.54, 1.807) is 31.8 Å². The lowest BCUT2D eigenvalue weighted by Gasteiger charge is -2.49. The summed E-state index contributed by atoms with van der Waals surface area (Å²) in [6.07, 6.45) is 5.73. The van der Waals surface area contributed by atoms with Crippen LogP contribution in [0, 0.1) is 11.7 Å². The van der Waals surface area contributed by atoms with Crippen molar-refractivity contribution in [1.29, 1.82) is 0 Å². The Bertz CT molecular complexity index is 1140. The zero-order valence-corrected chi connectivity index (χ0v) is 18.4. The highest BCUT2D eigenvalue weighted by Gasteiger charge is 2.42. The quantitative estimate of drug-likeness (QED) is 0.649. The highest BCUT2D eigenvalue weighted by Crippen LogP contribution is 2.38. The van der Waals surface area contributed by atoms with Gasteiger partial charge in [-0.25, -0.2) is 9.37 Å². The fourth-order valence-electron chi connectivity index (χ4n) is 4.83. The molecule has 0 aliphatic carbocycles. The highest BCUT2D eigenvalue weighted by molar-refractivity contribution is 5.82. The molecule has 1 fully saturated rings. The van der Waals surface area contributed by atoms with Crippen molar-refractivity contribution in [2.24, 2.45) is 5.92 Å². The van der Waals surface area contributed by atoms with Gasteiger partial charge in [0.1, 0.15) is 17.4 Å². The minimum atomic E-state index is -0.305. The van der Waals surface area contributed by atoms with Gasteiger partial charge in [-0.15, -0.1) is 0 Å². The highest BCUT2D eigenvalue weighted by atomic mass is 19.1. The van der Waals surface area contributed by atoms with Gasteiger partial charge in [0.15, 0.2) is 0 Å². The number of halogens is 1. The lowest BCUT2D eigenvalue weighted by molar-refractivity contribution is -0.126. The lowest BCUT2D eigenvalue weighted by Crippen LogP contribution is -2.61. The van der Waals surface area contributed by atoms with E-state index >= 15 is 0 Å². The first-order chi connectivity index (χ1) is 16.1. The molecule has 2 atom stereocenters. The third kappa shape index (κ3) is 4.33. The molecule has 1 amide bonds. The molecule has 8 heteroatoms. The lowest BCUT2D eigenvalue weighted by atomic mass is 9.83. The van der Waals surface area contributed by atoms with Crippen molar-refractivity contribution in [3.05, 3.63) is 78.0 Å². The van der Waals surface area contributed by atoms with Gasteiger partial charge in [0, 0.05) is 50.3 Å². The maximum Gasteiger partial charge on any atom is 0.225 e. The van der Waals surface area contributed by atoms with Crippen LogP contribution < -0.4 is 19.9 Å². The Labute approximate surface area is 192 Å². The average Bonchev–Trinajstić information content (AvgIpc) is 2.86. The molecule has 170 valence electrons. The van der Waals surface area contributed by atoms with Crippen LogP contribution >= 0.6 is 0 Å². The van der Waals surface area contributed by atoms with Crippen LogP contribution in [0.2, 0.25) is 0 Å². The standard InChI is InChI=1S/C25H26FN5O2/c1-33-20-6-5-18-12-21(25(32)29-14-17-3-2-4-19(26)11-17)23-16-30(24-15-27-7-8-28-24)9-10-31(23)22(18)13-20/h2-8,11,13,15,21,23H,9-10,12,14,16H2,1H3,(H,29,32)/t21-,23+/m0/s1. The van der Waals surface area contributed by atoms with Crippen molar-refractivity contribution in [3.63, 3.8) is 0 Å². The van der Waals surface area contributed by atoms with Gasteiger partial charge in [-0.05, 0) is 35.7 Å². The number of anilines is 2. The van der Waals surface area contributed by atoms with Crippen molar-refractivity contribution < 1.29 is 13.9 Å². The molecule has 1 N–H and O–H groups in total. The summed E-state index contributed by atoms with van der Waals surface area (Å²) in [5, 5.41) is 3.03. The number of rotatable bonds is 5. The predicted molar refractivity (Wildman–Crippen MR) is 124 cm³/mol. The molecule has 2 aliphatic heterocycles. The van der Waals surface area contributed by atoms with Gasteiger partial charge in [-0.2, -0.15) is 0 Å². The molecule has 0 radical (unpaired) electrons. The molecular formula is C25H26FN5O2. The van der Waals surface area contributed by atoms with E-state index in [1.807, 2.05) is 18.2 Å². The Balaban J connectivity index is 1.41. The number of nitrogens with zero attached hydrogens (tertiary/aromatic N) is 4. The van der Waals surface area contributed by atoms with Crippen molar-refractivity contribution >= 4 is 17.4 Å². The number of methoxy groups -OCH3 is 1. The smallest absolute Gasteiger partial charge is 0.225 e. The maximum absolute atomic E-state index is 13.6. The van der Waals surface area contributed by atoms with Crippen molar-refractivity contribution in [2.75, 3.05) is 36.5 Å². The number of benzene rings is 2. The molecule has 5 rings (SSSR count). The SMILES string of the molecule is COc1ccc2c(c1)N1CCN(c3cnccn3)C[C@@H]1[C@@H](C(=O)NCc1cccc(F)c1)C2. The van der Waals surface area contributed by atoms with Crippen LogP contribution in [0.25, 0.3) is 0 Å². The number of ether oxygens (including phenoxy) is 1. The first-order valence-corrected chi connectivity index (χ1v) is 11.1. The van der Waals surface area contributed by atoms with Crippen molar-refractivity contribution in [3.8, 4) is 5.75 Å². The molecule has 0 unspecified atom stereocenters. The van der Waals surface area contributed by atoms with Crippen LogP contribution in [0.5, 0.6) is 5.75 Å². The summed E-state index contributed by atoms with van der Waals surface area (Å²) in [5.74, 6) is 1.03. The van der Waals surface area contributed by atoms with E-state index < -0.39 is 0 Å². The van der Waals surface area contributed by atoms with Gasteiger partial charge >= 0.3 is 0 Å². The summed E-state index contributed by atoms with van der Waals surface area (Å²) < 4.78 is 19.0. The molecule has 2 aromatic carbocycles. The monoisotopic (exact) mass is 447 g/mol. The number of carbonyl (C=O) groups is 1. The summed E-state index contributed by atoms with van der Waals surface area (Å²) in [5.41, 5.74) is 2.99. The summed E-state index contributed by atoms with van der Waals surface area (Å²) >= 11 is 0. The number of aromatic nitrogens is 2. The molecule has 33 heavy (non-hydrogen) atoms. The fourth-order valence-corrected chi connectivity index (χ4v) is 4.83. The number of piperazine rings is 1. The van der Waals surface area contributed by atoms with E-state index in [0.29, 0.717) is 19.5 Å². The zero-order chi connectivity index (χ0) is 22.8. The molecule has 2 aliphatic rings. The van der Waals surface area contributed by atoms with E-state index in [4.69, 9.17) is 4.74 Å². The van der Waals surface area contributed by atoms with Gasteiger partial charge in [-0.1, -0.05) is 18.2 Å². The van der Waals surface area contributed by atoms with E-state index in [-0.39, 0.29) is 23.7 Å². The van der Waals surface area contributed by atoms with Gasteiger partial charge in [0.2, 0.25) is 5.91 Å². The van der Waals surface area contributed by atoms with Crippen molar-refractivity contribution in [2.45, 2.75) is 19.0 Å². The summed E-state index contributed by atoms with van der Waals surface area (Å²) in [7, 11) is 1.66. The fraction of sp³-hybridized carbons (Fsp3) is 0.320. The third-order valence-corrected chi connectivity index (χ3v) is 6.49. The van der Waals surface area contributed by atoms with E-state index in [2.05, 4.69) is 31.2 Å². The Morgan fingerprint density at radius 1 is 1.21 bits per heavy atom. The number of carbonyl (C=O) groups excluding carboxylic acids is 1. The van der Waals surface area contributed by atoms with Crippen LogP contribution in [0.1, 0.15) is 11.1 Å².